The highest BCUT2D eigenvalue weighted by molar-refractivity contribution is 14.1. The van der Waals surface area contributed by atoms with Crippen molar-refractivity contribution in [2.75, 3.05) is 0 Å². The fourth-order valence-corrected chi connectivity index (χ4v) is 5.81. The Kier molecular flexibility index (Phi) is 8.87. The maximum atomic E-state index is 13.2. The lowest BCUT2D eigenvalue weighted by Gasteiger charge is -2.28. The van der Waals surface area contributed by atoms with E-state index in [1.165, 1.54) is 0 Å². The molecule has 2 aromatic carbocycles. The number of aromatic nitrogens is 2. The number of halogens is 1. The van der Waals surface area contributed by atoms with Crippen LogP contribution in [0.25, 0.3) is 0 Å². The Morgan fingerprint density at radius 3 is 2.60 bits per heavy atom. The van der Waals surface area contributed by atoms with Crippen LogP contribution in [0.1, 0.15) is 62.3 Å². The molecule has 35 heavy (non-hydrogen) atoms. The maximum absolute atomic E-state index is 13.2. The molecule has 1 aliphatic rings. The number of rotatable bonds is 6. The lowest BCUT2D eigenvalue weighted by atomic mass is 9.95. The number of amides is 2. The van der Waals surface area contributed by atoms with Crippen molar-refractivity contribution < 1.29 is 14.7 Å². The van der Waals surface area contributed by atoms with Crippen LogP contribution in [0.5, 0.6) is 5.75 Å². The second-order valence-corrected chi connectivity index (χ2v) is 11.4. The number of nitrogens with zero attached hydrogens (tertiary/aromatic N) is 2. The van der Waals surface area contributed by atoms with Gasteiger partial charge in [0.25, 0.3) is 5.91 Å². The van der Waals surface area contributed by atoms with E-state index in [2.05, 4.69) is 64.2 Å². The van der Waals surface area contributed by atoms with E-state index < -0.39 is 6.04 Å². The summed E-state index contributed by atoms with van der Waals surface area (Å²) < 4.78 is 2.92. The van der Waals surface area contributed by atoms with Gasteiger partial charge in [-0.2, -0.15) is 0 Å². The molecular formula is C26H31IN4O3S. The van der Waals surface area contributed by atoms with Gasteiger partial charge in [0.1, 0.15) is 17.5 Å². The topological polar surface area (TPSA) is 96.2 Å². The van der Waals surface area contributed by atoms with E-state index in [0.717, 1.165) is 19.9 Å². The van der Waals surface area contributed by atoms with Crippen LogP contribution >= 0.6 is 34.4 Å². The van der Waals surface area contributed by atoms with Gasteiger partial charge in [-0.3, -0.25) is 9.59 Å². The number of thioether (sulfide) groups is 1. The Morgan fingerprint density at radius 2 is 1.91 bits per heavy atom. The van der Waals surface area contributed by atoms with Gasteiger partial charge in [-0.05, 0) is 78.8 Å². The molecule has 186 valence electrons. The molecule has 2 heterocycles. The molecule has 0 bridgehead atoms. The third-order valence-corrected chi connectivity index (χ3v) is 7.45. The summed E-state index contributed by atoms with van der Waals surface area (Å²) in [6, 6.07) is 14.1. The van der Waals surface area contributed by atoms with Gasteiger partial charge >= 0.3 is 0 Å². The lowest BCUT2D eigenvalue weighted by Crippen LogP contribution is -2.45. The van der Waals surface area contributed by atoms with Crippen molar-refractivity contribution in [2.45, 2.75) is 63.2 Å². The van der Waals surface area contributed by atoms with Gasteiger partial charge in [0.15, 0.2) is 5.16 Å². The molecule has 7 nitrogen and oxygen atoms in total. The minimum Gasteiger partial charge on any atom is -0.508 e. The van der Waals surface area contributed by atoms with Crippen molar-refractivity contribution in [3.8, 4) is 5.75 Å². The Hall–Kier alpha value is -2.53. The number of phenols is 1. The minimum absolute atomic E-state index is 0.0645. The molecule has 1 aliphatic heterocycles. The summed E-state index contributed by atoms with van der Waals surface area (Å²) in [6.45, 7) is 10.2. The molecule has 0 saturated carbocycles. The van der Waals surface area contributed by atoms with E-state index in [0.29, 0.717) is 5.69 Å². The number of carbonyl (C=O) groups is 2. The Morgan fingerprint density at radius 1 is 1.20 bits per heavy atom. The van der Waals surface area contributed by atoms with Gasteiger partial charge in [-0.15, -0.1) is 0 Å². The summed E-state index contributed by atoms with van der Waals surface area (Å²) in [5, 5.41) is 15.9. The number of aromatic hydroxyl groups is 1. The van der Waals surface area contributed by atoms with E-state index in [1.54, 1.807) is 43.1 Å². The normalized spacial score (nSPS) is 16.5. The monoisotopic (exact) mass is 606 g/mol. The Balaban J connectivity index is 0.00000167. The van der Waals surface area contributed by atoms with Crippen molar-refractivity contribution in [2.24, 2.45) is 0 Å². The molecule has 0 fully saturated rings. The van der Waals surface area contributed by atoms with Gasteiger partial charge in [0, 0.05) is 14.9 Å². The van der Waals surface area contributed by atoms with Gasteiger partial charge in [0.2, 0.25) is 5.91 Å². The smallest absolute Gasteiger partial charge is 0.270 e. The average Bonchev–Trinajstić information content (AvgIpc) is 3.32. The summed E-state index contributed by atoms with van der Waals surface area (Å²) in [4.78, 5) is 30.2. The molecule has 3 N–H and O–H groups in total. The molecule has 2 unspecified atom stereocenters. The number of phenolic OH excluding ortho intramolecular Hbond substituents is 1. The number of nitrogens with one attached hydrogen (secondary N) is 2. The third-order valence-electron chi connectivity index (χ3n) is 5.55. The molecule has 0 spiro atoms. The Bertz CT molecular complexity index is 1210. The van der Waals surface area contributed by atoms with Gasteiger partial charge in [-0.1, -0.05) is 49.9 Å². The van der Waals surface area contributed by atoms with Gasteiger partial charge < -0.3 is 20.3 Å². The molecular weight excluding hydrogens is 575 g/mol. The fourth-order valence-electron chi connectivity index (χ4n) is 4.01. The first-order valence-electron chi connectivity index (χ1n) is 11.5. The average molecular weight is 607 g/mol. The molecule has 9 heteroatoms. The van der Waals surface area contributed by atoms with E-state index in [-0.39, 0.29) is 34.9 Å². The number of carbonyl (C=O) groups excluding carboxylic acids is 2. The maximum Gasteiger partial charge on any atom is 0.270 e. The van der Waals surface area contributed by atoms with E-state index >= 15 is 0 Å². The van der Waals surface area contributed by atoms with Crippen molar-refractivity contribution in [3.63, 3.8) is 0 Å². The van der Waals surface area contributed by atoms with E-state index in [1.807, 2.05) is 36.6 Å². The third kappa shape index (κ3) is 6.19. The zero-order valence-corrected chi connectivity index (χ0v) is 23.5. The second-order valence-electron chi connectivity index (χ2n) is 8.54. The Labute approximate surface area is 224 Å². The first-order valence-corrected chi connectivity index (χ1v) is 13.4. The summed E-state index contributed by atoms with van der Waals surface area (Å²) in [6.07, 6.45) is 1.57. The van der Waals surface area contributed by atoms with Crippen LogP contribution in [-0.2, 0) is 11.3 Å². The SMILES string of the molecule is CC.CC(NC(=O)c1cnc2n1C(c1cccc(I)c1)C(C)(C)S2)C(=O)NCc1cccc(O)c1. The molecule has 1 aromatic heterocycles. The van der Waals surface area contributed by atoms with Crippen LogP contribution in [0, 0.1) is 3.57 Å². The molecule has 2 amide bonds. The van der Waals surface area contributed by atoms with Crippen LogP contribution < -0.4 is 10.6 Å². The highest BCUT2D eigenvalue weighted by atomic mass is 127. The first-order chi connectivity index (χ1) is 16.7. The predicted octanol–water partition coefficient (Wildman–Crippen LogP) is 5.13. The molecule has 4 rings (SSSR count). The van der Waals surface area contributed by atoms with Crippen molar-refractivity contribution in [1.29, 1.82) is 0 Å². The zero-order valence-electron chi connectivity index (χ0n) is 20.5. The van der Waals surface area contributed by atoms with Gasteiger partial charge in [-0.25, -0.2) is 4.98 Å². The number of hydrogen-bond donors (Lipinski definition) is 3. The molecule has 0 radical (unpaired) electrons. The van der Waals surface area contributed by atoms with Crippen molar-refractivity contribution in [1.82, 2.24) is 20.2 Å². The van der Waals surface area contributed by atoms with Crippen LogP contribution in [0.2, 0.25) is 0 Å². The van der Waals surface area contributed by atoms with Crippen LogP contribution in [-0.4, -0.2) is 37.3 Å². The summed E-state index contributed by atoms with van der Waals surface area (Å²) in [5.74, 6) is -0.513. The van der Waals surface area contributed by atoms with Gasteiger partial charge in [0.05, 0.1) is 12.2 Å². The van der Waals surface area contributed by atoms with Crippen molar-refractivity contribution in [3.05, 3.63) is 75.1 Å². The number of fused-ring (bicyclic) bond motifs is 1. The number of benzene rings is 2. The summed E-state index contributed by atoms with van der Waals surface area (Å²) in [5.41, 5.74) is 2.32. The molecule has 3 aromatic rings. The lowest BCUT2D eigenvalue weighted by molar-refractivity contribution is -0.122. The van der Waals surface area contributed by atoms with E-state index in [4.69, 9.17) is 0 Å². The standard InChI is InChI=1S/C24H25IN4O3S.C2H6/c1-14(21(31)26-12-15-6-4-9-18(30)10-15)28-22(32)19-13-27-23-29(19)20(24(2,3)33-23)16-7-5-8-17(25)11-16;1-2/h4-11,13-14,20,30H,12H2,1-3H3,(H,26,31)(H,28,32);1-2H3. The largest absolute Gasteiger partial charge is 0.508 e. The zero-order chi connectivity index (χ0) is 25.8. The number of imidazole rings is 1. The summed E-state index contributed by atoms with van der Waals surface area (Å²) >= 11 is 3.93. The fraction of sp³-hybridized carbons (Fsp3) is 0.346. The quantitative estimate of drug-likeness (QED) is 0.339. The molecule has 0 saturated heterocycles. The number of hydrogen-bond acceptors (Lipinski definition) is 5. The predicted molar refractivity (Wildman–Crippen MR) is 148 cm³/mol. The second kappa shape index (κ2) is 11.5. The van der Waals surface area contributed by atoms with E-state index in [9.17, 15) is 14.7 Å². The molecule has 0 aliphatic carbocycles. The van der Waals surface area contributed by atoms with Crippen molar-refractivity contribution >= 4 is 46.2 Å². The highest BCUT2D eigenvalue weighted by Crippen LogP contribution is 2.51. The molecule has 2 atom stereocenters. The summed E-state index contributed by atoms with van der Waals surface area (Å²) in [7, 11) is 0. The van der Waals surface area contributed by atoms with Crippen LogP contribution in [0.15, 0.2) is 59.9 Å². The minimum atomic E-state index is -0.737. The van der Waals surface area contributed by atoms with Crippen LogP contribution in [0.4, 0.5) is 0 Å². The first kappa shape index (κ1) is 27.1. The highest BCUT2D eigenvalue weighted by Gasteiger charge is 2.44. The van der Waals surface area contributed by atoms with Crippen LogP contribution in [0.3, 0.4) is 0 Å².